The molecule has 2 aliphatic rings. The van der Waals surface area contributed by atoms with Crippen LogP contribution < -0.4 is 0 Å². The molecule has 0 aromatic carbocycles. The van der Waals surface area contributed by atoms with Crippen LogP contribution in [0.25, 0.3) is 0 Å². The summed E-state index contributed by atoms with van der Waals surface area (Å²) in [5, 5.41) is 0. The zero-order valence-electron chi connectivity index (χ0n) is 8.44. The summed E-state index contributed by atoms with van der Waals surface area (Å²) in [5.74, 6) is -0.274. The van der Waals surface area contributed by atoms with E-state index in [0.717, 1.165) is 4.90 Å². The summed E-state index contributed by atoms with van der Waals surface area (Å²) >= 11 is 0. The molecule has 2 heterocycles. The molecule has 5 heteroatoms. The van der Waals surface area contributed by atoms with E-state index in [9.17, 15) is 9.59 Å². The average molecular weight is 199 g/mol. The van der Waals surface area contributed by atoms with Crippen molar-refractivity contribution in [3.05, 3.63) is 0 Å². The molecule has 5 nitrogen and oxygen atoms in total. The number of nitrogens with zero attached hydrogens (tertiary/aromatic N) is 1. The Morgan fingerprint density at radius 2 is 2.21 bits per heavy atom. The van der Waals surface area contributed by atoms with Gasteiger partial charge < -0.3 is 9.47 Å². The van der Waals surface area contributed by atoms with Crippen molar-refractivity contribution in [3.63, 3.8) is 0 Å². The number of likely N-dealkylation sites (tertiary alicyclic amines) is 1. The summed E-state index contributed by atoms with van der Waals surface area (Å²) in [6.07, 6.45) is -1.05. The molecule has 2 amide bonds. The summed E-state index contributed by atoms with van der Waals surface area (Å²) in [6.45, 7) is 5.63. The molecule has 0 aromatic rings. The third-order valence-electron chi connectivity index (χ3n) is 2.07. The van der Waals surface area contributed by atoms with E-state index >= 15 is 0 Å². The molecule has 0 spiro atoms. The van der Waals surface area contributed by atoms with Gasteiger partial charge in [0.05, 0.1) is 6.54 Å². The third-order valence-corrected chi connectivity index (χ3v) is 2.07. The van der Waals surface area contributed by atoms with Crippen molar-refractivity contribution in [1.82, 2.24) is 4.90 Å². The maximum Gasteiger partial charge on any atom is 0.417 e. The van der Waals surface area contributed by atoms with Crippen molar-refractivity contribution >= 4 is 12.0 Å². The smallest absolute Gasteiger partial charge is 0.417 e. The summed E-state index contributed by atoms with van der Waals surface area (Å²) in [6, 6.07) is 0. The Hall–Kier alpha value is -1.10. The maximum absolute atomic E-state index is 11.5. The summed E-state index contributed by atoms with van der Waals surface area (Å²) in [4.78, 5) is 24.0. The van der Waals surface area contributed by atoms with Crippen LogP contribution in [0.4, 0.5) is 4.79 Å². The lowest BCUT2D eigenvalue weighted by Crippen LogP contribution is -2.40. The van der Waals surface area contributed by atoms with E-state index in [1.807, 2.05) is 0 Å². The number of hydrogen-bond donors (Lipinski definition) is 0. The van der Waals surface area contributed by atoms with Crippen LogP contribution in [0.15, 0.2) is 0 Å². The van der Waals surface area contributed by atoms with Crippen LogP contribution >= 0.6 is 0 Å². The van der Waals surface area contributed by atoms with E-state index in [2.05, 4.69) is 0 Å². The molecular formula is C9H13NO4. The van der Waals surface area contributed by atoms with Gasteiger partial charge in [-0.1, -0.05) is 0 Å². The zero-order valence-corrected chi connectivity index (χ0v) is 8.44. The molecule has 0 saturated carbocycles. The second kappa shape index (κ2) is 2.70. The lowest BCUT2D eigenvalue weighted by molar-refractivity contribution is -0.130. The Labute approximate surface area is 82.0 Å². The number of fused-ring (bicyclic) bond motifs is 1. The van der Waals surface area contributed by atoms with E-state index in [-0.39, 0.29) is 18.1 Å². The largest absolute Gasteiger partial charge is 0.443 e. The van der Waals surface area contributed by atoms with Crippen molar-refractivity contribution in [2.75, 3.05) is 6.54 Å². The topological polar surface area (TPSA) is 59.1 Å². The summed E-state index contributed by atoms with van der Waals surface area (Å²) in [5.41, 5.74) is -0.564. The molecule has 78 valence electrons. The van der Waals surface area contributed by atoms with Crippen molar-refractivity contribution in [2.24, 2.45) is 0 Å². The fraction of sp³-hybridized carbons (Fsp3) is 0.778. The van der Waals surface area contributed by atoms with Gasteiger partial charge in [0, 0.05) is 0 Å². The fourth-order valence-electron chi connectivity index (χ4n) is 1.40. The highest BCUT2D eigenvalue weighted by Crippen LogP contribution is 2.32. The number of imide groups is 1. The van der Waals surface area contributed by atoms with E-state index in [4.69, 9.17) is 9.47 Å². The van der Waals surface area contributed by atoms with Crippen LogP contribution in [0.1, 0.15) is 20.8 Å². The monoisotopic (exact) mass is 199 g/mol. The quantitative estimate of drug-likeness (QED) is 0.534. The first-order chi connectivity index (χ1) is 6.38. The van der Waals surface area contributed by atoms with Crippen LogP contribution in [0.3, 0.4) is 0 Å². The lowest BCUT2D eigenvalue weighted by Gasteiger charge is -2.23. The molecule has 2 atom stereocenters. The lowest BCUT2D eigenvalue weighted by atomic mass is 10.2. The molecule has 2 unspecified atom stereocenters. The average Bonchev–Trinajstić information content (AvgIpc) is 2.68. The number of morpholine rings is 1. The van der Waals surface area contributed by atoms with Crippen molar-refractivity contribution in [1.29, 1.82) is 0 Å². The predicted molar refractivity (Wildman–Crippen MR) is 46.6 cm³/mol. The third kappa shape index (κ3) is 1.59. The van der Waals surface area contributed by atoms with Gasteiger partial charge in [-0.2, -0.15) is 0 Å². The Bertz CT molecular complexity index is 294. The number of epoxide rings is 1. The van der Waals surface area contributed by atoms with Crippen LogP contribution in [0.5, 0.6) is 0 Å². The van der Waals surface area contributed by atoms with Gasteiger partial charge in [0.15, 0.2) is 6.10 Å². The van der Waals surface area contributed by atoms with Crippen molar-refractivity contribution in [2.45, 2.75) is 38.6 Å². The molecule has 0 N–H and O–H groups in total. The van der Waals surface area contributed by atoms with E-state index < -0.39 is 11.7 Å². The van der Waals surface area contributed by atoms with Gasteiger partial charge in [-0.25, -0.2) is 9.69 Å². The zero-order chi connectivity index (χ0) is 10.5. The van der Waals surface area contributed by atoms with Crippen molar-refractivity contribution in [3.8, 4) is 0 Å². The van der Waals surface area contributed by atoms with Crippen LogP contribution in [0, 0.1) is 0 Å². The Kier molecular flexibility index (Phi) is 1.82. The molecule has 0 aromatic heterocycles. The highest BCUT2D eigenvalue weighted by atomic mass is 16.6. The van der Waals surface area contributed by atoms with Gasteiger partial charge in [-0.15, -0.1) is 0 Å². The van der Waals surface area contributed by atoms with Gasteiger partial charge in [-0.05, 0) is 20.8 Å². The Morgan fingerprint density at radius 3 is 2.64 bits per heavy atom. The molecular weight excluding hydrogens is 186 g/mol. The number of carbonyl (C=O) groups is 2. The first kappa shape index (κ1) is 9.45. The van der Waals surface area contributed by atoms with E-state index in [1.54, 1.807) is 20.8 Å². The Balaban J connectivity index is 1.96. The molecule has 2 fully saturated rings. The molecule has 0 bridgehead atoms. The summed E-state index contributed by atoms with van der Waals surface area (Å²) in [7, 11) is 0. The fourth-order valence-corrected chi connectivity index (χ4v) is 1.40. The predicted octanol–water partition coefficient (Wildman–Crippen LogP) is 0.531. The van der Waals surface area contributed by atoms with Gasteiger partial charge in [-0.3, -0.25) is 4.79 Å². The number of ether oxygens (including phenoxy) is 2. The van der Waals surface area contributed by atoms with E-state index in [0.29, 0.717) is 6.54 Å². The maximum atomic E-state index is 11.5. The minimum absolute atomic E-state index is 0.0879. The highest BCUT2D eigenvalue weighted by Gasteiger charge is 2.57. The highest BCUT2D eigenvalue weighted by molar-refractivity contribution is 5.98. The molecule has 2 rings (SSSR count). The van der Waals surface area contributed by atoms with Crippen molar-refractivity contribution < 1.29 is 19.1 Å². The molecule has 14 heavy (non-hydrogen) atoms. The van der Waals surface area contributed by atoms with Crippen LogP contribution in [-0.2, 0) is 14.3 Å². The van der Waals surface area contributed by atoms with Gasteiger partial charge >= 0.3 is 6.09 Å². The van der Waals surface area contributed by atoms with Crippen LogP contribution in [-0.4, -0.2) is 41.3 Å². The first-order valence-electron chi connectivity index (χ1n) is 4.58. The number of hydrogen-bond acceptors (Lipinski definition) is 4. The minimum atomic E-state index is -0.571. The summed E-state index contributed by atoms with van der Waals surface area (Å²) < 4.78 is 10.0. The van der Waals surface area contributed by atoms with Crippen LogP contribution in [0.2, 0.25) is 0 Å². The second-order valence-corrected chi connectivity index (χ2v) is 4.52. The number of amides is 2. The number of rotatable bonds is 0. The van der Waals surface area contributed by atoms with Gasteiger partial charge in [0.2, 0.25) is 0 Å². The standard InChI is InChI=1S/C9H13NO4/c1-9(2,3)14-8(12)10-4-5-6(13-5)7(10)11/h5-6H,4H2,1-3H3. The first-order valence-corrected chi connectivity index (χ1v) is 4.58. The molecule has 2 saturated heterocycles. The van der Waals surface area contributed by atoms with E-state index in [1.165, 1.54) is 0 Å². The normalized spacial score (nSPS) is 30.2. The minimum Gasteiger partial charge on any atom is -0.443 e. The SMILES string of the molecule is CC(C)(C)OC(=O)N1CC2OC2C1=O. The molecule has 0 aliphatic carbocycles. The van der Waals surface area contributed by atoms with Gasteiger partial charge in [0.25, 0.3) is 5.91 Å². The number of carbonyl (C=O) groups excluding carboxylic acids is 2. The molecule has 2 aliphatic heterocycles. The Morgan fingerprint density at radius 1 is 1.57 bits per heavy atom. The second-order valence-electron chi connectivity index (χ2n) is 4.52. The van der Waals surface area contributed by atoms with Gasteiger partial charge in [0.1, 0.15) is 11.7 Å². The molecule has 0 radical (unpaired) electrons.